The Labute approximate surface area is 211 Å². The molecule has 0 unspecified atom stereocenters. The van der Waals surface area contributed by atoms with Gasteiger partial charge in [0.05, 0.1) is 5.69 Å². The topological polar surface area (TPSA) is 115 Å². The van der Waals surface area contributed by atoms with E-state index in [1.165, 1.54) is 31.1 Å². The number of carbonyl (C=O) groups is 1. The third-order valence-corrected chi connectivity index (χ3v) is 5.91. The van der Waals surface area contributed by atoms with Crippen molar-refractivity contribution < 1.29 is 9.90 Å². The average molecular weight is 488 g/mol. The SMILES string of the molecule is C=CCNC(=O)c1cnc(Nc2ccc(N3CCCCC3)cc2)nc1Nc1cccc(C(C)(C)O)n1. The molecule has 1 aliphatic rings. The molecule has 0 radical (unpaired) electrons. The van der Waals surface area contributed by atoms with Crippen molar-refractivity contribution in [1.82, 2.24) is 20.3 Å². The molecular formula is C27H33N7O2. The molecular weight excluding hydrogens is 454 g/mol. The van der Waals surface area contributed by atoms with Gasteiger partial charge in [-0.1, -0.05) is 12.1 Å². The minimum absolute atomic E-state index is 0.262. The molecule has 9 nitrogen and oxygen atoms in total. The highest BCUT2D eigenvalue weighted by atomic mass is 16.3. The van der Waals surface area contributed by atoms with Crippen LogP contribution in [0.5, 0.6) is 0 Å². The second-order valence-electron chi connectivity index (χ2n) is 9.27. The summed E-state index contributed by atoms with van der Waals surface area (Å²) < 4.78 is 0. The van der Waals surface area contributed by atoms with E-state index in [1.54, 1.807) is 38.1 Å². The molecule has 3 heterocycles. The fraction of sp³-hybridized carbons (Fsp3) is 0.333. The van der Waals surface area contributed by atoms with Gasteiger partial charge in [-0.15, -0.1) is 6.58 Å². The van der Waals surface area contributed by atoms with Crippen molar-refractivity contribution in [1.29, 1.82) is 0 Å². The molecule has 1 aromatic carbocycles. The first-order valence-corrected chi connectivity index (χ1v) is 12.2. The molecule has 0 atom stereocenters. The minimum Gasteiger partial charge on any atom is -0.384 e. The molecule has 9 heteroatoms. The number of piperidine rings is 1. The molecule has 4 N–H and O–H groups in total. The highest BCUT2D eigenvalue weighted by molar-refractivity contribution is 5.99. The van der Waals surface area contributed by atoms with Gasteiger partial charge in [0.2, 0.25) is 5.95 Å². The molecule has 36 heavy (non-hydrogen) atoms. The molecule has 4 rings (SSSR count). The lowest BCUT2D eigenvalue weighted by Crippen LogP contribution is -2.29. The molecule has 3 aromatic rings. The summed E-state index contributed by atoms with van der Waals surface area (Å²) >= 11 is 0. The number of carbonyl (C=O) groups excluding carboxylic acids is 1. The van der Waals surface area contributed by atoms with E-state index in [2.05, 4.69) is 54.5 Å². The van der Waals surface area contributed by atoms with Crippen LogP contribution in [0.15, 0.2) is 61.3 Å². The minimum atomic E-state index is -1.11. The number of rotatable bonds is 9. The quantitative estimate of drug-likeness (QED) is 0.326. The van der Waals surface area contributed by atoms with Crippen molar-refractivity contribution in [2.75, 3.05) is 35.2 Å². The third kappa shape index (κ3) is 6.37. The van der Waals surface area contributed by atoms with Crippen LogP contribution < -0.4 is 20.9 Å². The van der Waals surface area contributed by atoms with Crippen LogP contribution >= 0.6 is 0 Å². The van der Waals surface area contributed by atoms with Crippen LogP contribution in [-0.2, 0) is 5.60 Å². The van der Waals surface area contributed by atoms with Crippen LogP contribution in [0.3, 0.4) is 0 Å². The van der Waals surface area contributed by atoms with Gasteiger partial charge in [0, 0.05) is 37.2 Å². The van der Waals surface area contributed by atoms with Gasteiger partial charge >= 0.3 is 0 Å². The maximum Gasteiger partial charge on any atom is 0.256 e. The zero-order valence-corrected chi connectivity index (χ0v) is 20.8. The summed E-state index contributed by atoms with van der Waals surface area (Å²) in [5, 5.41) is 19.4. The number of amides is 1. The third-order valence-electron chi connectivity index (χ3n) is 5.91. The van der Waals surface area contributed by atoms with Crippen molar-refractivity contribution in [3.8, 4) is 0 Å². The van der Waals surface area contributed by atoms with Crippen molar-refractivity contribution in [2.45, 2.75) is 38.7 Å². The normalized spacial score (nSPS) is 13.7. The lowest BCUT2D eigenvalue weighted by atomic mass is 10.1. The van der Waals surface area contributed by atoms with E-state index in [-0.39, 0.29) is 11.5 Å². The Bertz CT molecular complexity index is 1200. The van der Waals surface area contributed by atoms with Crippen LogP contribution in [0.1, 0.15) is 49.2 Å². The molecule has 1 amide bonds. The largest absolute Gasteiger partial charge is 0.384 e. The first-order valence-electron chi connectivity index (χ1n) is 12.2. The van der Waals surface area contributed by atoms with Crippen molar-refractivity contribution in [3.63, 3.8) is 0 Å². The van der Waals surface area contributed by atoms with Crippen molar-refractivity contribution >= 4 is 34.9 Å². The van der Waals surface area contributed by atoms with Gasteiger partial charge in [-0.2, -0.15) is 4.98 Å². The van der Waals surface area contributed by atoms with Gasteiger partial charge in [-0.05, 0) is 69.5 Å². The molecule has 0 aliphatic carbocycles. The Kier molecular flexibility index (Phi) is 7.80. The summed E-state index contributed by atoms with van der Waals surface area (Å²) in [6.07, 6.45) is 6.82. The van der Waals surface area contributed by atoms with Gasteiger partial charge < -0.3 is 26.0 Å². The van der Waals surface area contributed by atoms with Gasteiger partial charge in [-0.25, -0.2) is 9.97 Å². The van der Waals surface area contributed by atoms with E-state index < -0.39 is 5.60 Å². The van der Waals surface area contributed by atoms with E-state index >= 15 is 0 Å². The number of aliphatic hydroxyl groups is 1. The molecule has 1 saturated heterocycles. The van der Waals surface area contributed by atoms with Crippen LogP contribution in [0, 0.1) is 0 Å². The van der Waals surface area contributed by atoms with E-state index in [9.17, 15) is 9.90 Å². The molecule has 0 bridgehead atoms. The predicted molar refractivity (Wildman–Crippen MR) is 143 cm³/mol. The fourth-order valence-electron chi connectivity index (χ4n) is 3.97. The lowest BCUT2D eigenvalue weighted by Gasteiger charge is -2.28. The summed E-state index contributed by atoms with van der Waals surface area (Å²) in [6, 6.07) is 13.5. The Morgan fingerprint density at radius 3 is 2.53 bits per heavy atom. The predicted octanol–water partition coefficient (Wildman–Crippen LogP) is 4.49. The molecule has 0 spiro atoms. The standard InChI is InChI=1S/C27H33N7O2/c1-4-15-28-25(35)21-18-29-26(30-19-11-13-20(14-12-19)34-16-6-5-7-17-34)33-24(21)32-23-10-8-9-22(31-23)27(2,3)36/h4,8-14,18,36H,1,5-7,15-17H2,2-3H3,(H,28,35)(H2,29,30,31,32,33). The second kappa shape index (κ2) is 11.2. The van der Waals surface area contributed by atoms with Gasteiger partial charge in [-0.3, -0.25) is 4.79 Å². The average Bonchev–Trinajstić information content (AvgIpc) is 2.88. The zero-order chi connectivity index (χ0) is 25.5. The Morgan fingerprint density at radius 1 is 1.08 bits per heavy atom. The molecule has 1 fully saturated rings. The van der Waals surface area contributed by atoms with Crippen LogP contribution in [-0.4, -0.2) is 45.6 Å². The number of benzene rings is 1. The number of nitrogens with zero attached hydrogens (tertiary/aromatic N) is 4. The lowest BCUT2D eigenvalue weighted by molar-refractivity contribution is 0.0740. The summed E-state index contributed by atoms with van der Waals surface area (Å²) in [7, 11) is 0. The molecule has 1 aliphatic heterocycles. The number of hydrogen-bond acceptors (Lipinski definition) is 8. The number of pyridine rings is 1. The first-order chi connectivity index (χ1) is 17.3. The summed E-state index contributed by atoms with van der Waals surface area (Å²) in [4.78, 5) is 28.5. The maximum absolute atomic E-state index is 12.7. The van der Waals surface area contributed by atoms with Crippen LogP contribution in [0.25, 0.3) is 0 Å². The highest BCUT2D eigenvalue weighted by Gasteiger charge is 2.20. The molecule has 0 saturated carbocycles. The maximum atomic E-state index is 12.7. The molecule has 2 aromatic heterocycles. The summed E-state index contributed by atoms with van der Waals surface area (Å²) in [5.41, 5.74) is 1.69. The molecule has 188 valence electrons. The van der Waals surface area contributed by atoms with Gasteiger partial charge in [0.1, 0.15) is 22.8 Å². The number of anilines is 5. The van der Waals surface area contributed by atoms with E-state index in [0.717, 1.165) is 18.8 Å². The van der Waals surface area contributed by atoms with Crippen LogP contribution in [0.2, 0.25) is 0 Å². The van der Waals surface area contributed by atoms with E-state index in [1.807, 2.05) is 12.1 Å². The first kappa shape index (κ1) is 25.1. The summed E-state index contributed by atoms with van der Waals surface area (Å²) in [6.45, 7) is 9.45. The van der Waals surface area contributed by atoms with Gasteiger partial charge in [0.25, 0.3) is 5.91 Å². The van der Waals surface area contributed by atoms with Crippen LogP contribution in [0.4, 0.5) is 29.0 Å². The zero-order valence-electron chi connectivity index (χ0n) is 20.8. The monoisotopic (exact) mass is 487 g/mol. The second-order valence-corrected chi connectivity index (χ2v) is 9.27. The van der Waals surface area contributed by atoms with E-state index in [4.69, 9.17) is 0 Å². The van der Waals surface area contributed by atoms with Crippen molar-refractivity contribution in [2.24, 2.45) is 0 Å². The van der Waals surface area contributed by atoms with Gasteiger partial charge in [0.15, 0.2) is 0 Å². The Morgan fingerprint density at radius 2 is 1.83 bits per heavy atom. The number of aromatic nitrogens is 3. The number of nitrogens with one attached hydrogen (secondary N) is 3. The summed E-state index contributed by atoms with van der Waals surface area (Å²) in [5.74, 6) is 0.734. The Balaban J connectivity index is 1.58. The highest BCUT2D eigenvalue weighted by Crippen LogP contribution is 2.25. The Hall–Kier alpha value is -3.98. The van der Waals surface area contributed by atoms with E-state index in [0.29, 0.717) is 29.8 Å². The number of hydrogen-bond donors (Lipinski definition) is 4. The smallest absolute Gasteiger partial charge is 0.256 e. The fourth-order valence-corrected chi connectivity index (χ4v) is 3.97. The van der Waals surface area contributed by atoms with Crippen molar-refractivity contribution in [3.05, 3.63) is 72.6 Å².